The summed E-state index contributed by atoms with van der Waals surface area (Å²) in [4.78, 5) is 15.1. The molecule has 1 unspecified atom stereocenters. The van der Waals surface area contributed by atoms with E-state index in [4.69, 9.17) is 4.74 Å². The number of hydrogen-bond donors (Lipinski definition) is 0. The van der Waals surface area contributed by atoms with Crippen LogP contribution in [0.25, 0.3) is 10.8 Å². The van der Waals surface area contributed by atoms with Crippen LogP contribution in [0, 0.1) is 0 Å². The zero-order valence-corrected chi connectivity index (χ0v) is 21.1. The molecule has 1 amide bonds. The molecule has 1 heterocycles. The van der Waals surface area contributed by atoms with E-state index < -0.39 is 0 Å². The number of fused-ring (bicyclic) bond motifs is 1. The number of unbranched alkanes of at least 4 members (excludes halogenated alkanes) is 1. The molecule has 170 valence electrons. The average molecular weight is 524 g/mol. The van der Waals surface area contributed by atoms with Crippen LogP contribution >= 0.6 is 27.7 Å². The minimum Gasteiger partial charge on any atom is -0.496 e. The number of hydrogen-bond acceptors (Lipinski definition) is 5. The molecule has 1 atom stereocenters. The van der Waals surface area contributed by atoms with Gasteiger partial charge in [-0.2, -0.15) is 5.10 Å². The molecule has 1 aliphatic rings. The largest absolute Gasteiger partial charge is 0.496 e. The van der Waals surface area contributed by atoms with Crippen molar-refractivity contribution in [3.63, 3.8) is 0 Å². The molecule has 1 saturated heterocycles. The third-order valence-electron chi connectivity index (χ3n) is 5.58. The van der Waals surface area contributed by atoms with Gasteiger partial charge in [0.1, 0.15) is 5.75 Å². The van der Waals surface area contributed by atoms with Gasteiger partial charge in [0.25, 0.3) is 0 Å². The van der Waals surface area contributed by atoms with Crippen molar-refractivity contribution in [3.05, 3.63) is 76.3 Å². The van der Waals surface area contributed by atoms with Crippen molar-refractivity contribution in [3.8, 4) is 5.75 Å². The summed E-state index contributed by atoms with van der Waals surface area (Å²) < 4.78 is 6.34. The lowest BCUT2D eigenvalue weighted by molar-refractivity contribution is -0.126. The Kier molecular flexibility index (Phi) is 7.83. The molecule has 0 bridgehead atoms. The van der Waals surface area contributed by atoms with Crippen molar-refractivity contribution >= 4 is 55.8 Å². The van der Waals surface area contributed by atoms with Crippen molar-refractivity contribution in [1.29, 1.82) is 0 Å². The number of benzene rings is 3. The molecule has 3 aromatic rings. The number of amidine groups is 1. The highest BCUT2D eigenvalue weighted by molar-refractivity contribution is 9.10. The molecule has 0 N–H and O–H groups in total. The number of methoxy groups -OCH3 is 1. The number of thioether (sulfide) groups is 1. The third-order valence-corrected chi connectivity index (χ3v) is 7.31. The number of carbonyl (C=O) groups excluding carboxylic acids is 1. The minimum atomic E-state index is -0.116. The Morgan fingerprint density at radius 3 is 2.79 bits per heavy atom. The summed E-state index contributed by atoms with van der Waals surface area (Å²) in [5, 5.41) is 11.6. The summed E-state index contributed by atoms with van der Waals surface area (Å²) in [5.74, 6) is 0.820. The minimum absolute atomic E-state index is 0.107. The van der Waals surface area contributed by atoms with Crippen molar-refractivity contribution < 1.29 is 9.53 Å². The van der Waals surface area contributed by atoms with Gasteiger partial charge < -0.3 is 4.74 Å². The number of ether oxygens (including phenoxy) is 1. The van der Waals surface area contributed by atoms with Crippen molar-refractivity contribution in [2.24, 2.45) is 10.2 Å². The smallest absolute Gasteiger partial charge is 0.242 e. The second-order valence-corrected chi connectivity index (χ2v) is 9.91. The van der Waals surface area contributed by atoms with Crippen LogP contribution in [0.2, 0.25) is 0 Å². The maximum absolute atomic E-state index is 13.3. The first kappa shape index (κ1) is 23.5. The first-order chi connectivity index (χ1) is 16.1. The molecule has 0 spiro atoms. The van der Waals surface area contributed by atoms with Gasteiger partial charge in [-0.25, -0.2) is 0 Å². The van der Waals surface area contributed by atoms with Gasteiger partial charge in [0.15, 0.2) is 5.17 Å². The lowest BCUT2D eigenvalue weighted by Gasteiger charge is -2.17. The topological polar surface area (TPSA) is 54.3 Å². The highest BCUT2D eigenvalue weighted by Crippen LogP contribution is 2.33. The SMILES string of the molecule is CCCCC1SC(=NN=Cc2cc(Br)ccc2OC)N(Cc2cccc3ccccc23)C1=O. The first-order valence-corrected chi connectivity index (χ1v) is 12.7. The van der Waals surface area contributed by atoms with Gasteiger partial charge in [-0.1, -0.05) is 89.9 Å². The lowest BCUT2D eigenvalue weighted by Crippen LogP contribution is -2.31. The quantitative estimate of drug-likeness (QED) is 0.245. The molecule has 0 radical (unpaired) electrons. The van der Waals surface area contributed by atoms with E-state index in [1.807, 2.05) is 36.4 Å². The summed E-state index contributed by atoms with van der Waals surface area (Å²) in [6.45, 7) is 2.62. The molecule has 4 rings (SSSR count). The van der Waals surface area contributed by atoms with Crippen LogP contribution in [-0.2, 0) is 11.3 Å². The molecule has 5 nitrogen and oxygen atoms in total. The van der Waals surface area contributed by atoms with Crippen molar-refractivity contribution in [2.45, 2.75) is 38.0 Å². The van der Waals surface area contributed by atoms with Gasteiger partial charge in [0.2, 0.25) is 5.91 Å². The van der Waals surface area contributed by atoms with Crippen LogP contribution in [0.5, 0.6) is 5.75 Å². The molecule has 1 aliphatic heterocycles. The van der Waals surface area contributed by atoms with E-state index in [0.717, 1.165) is 45.6 Å². The number of amides is 1. The Morgan fingerprint density at radius 1 is 1.15 bits per heavy atom. The van der Waals surface area contributed by atoms with Crippen LogP contribution in [-0.4, -0.2) is 34.5 Å². The monoisotopic (exact) mass is 523 g/mol. The zero-order chi connectivity index (χ0) is 23.2. The standard InChI is InChI=1S/C26H26BrN3O2S/c1-3-4-12-24-25(31)30(17-19-10-7-9-18-8-5-6-11-22(18)19)26(33-24)29-28-16-20-15-21(27)13-14-23(20)32-2/h5-11,13-16,24H,3-4,12,17H2,1-2H3. The second kappa shape index (κ2) is 11.0. The van der Waals surface area contributed by atoms with Gasteiger partial charge in [-0.3, -0.25) is 9.69 Å². The summed E-state index contributed by atoms with van der Waals surface area (Å²) in [5.41, 5.74) is 1.91. The maximum atomic E-state index is 13.3. The van der Waals surface area contributed by atoms with E-state index in [1.54, 1.807) is 18.2 Å². The van der Waals surface area contributed by atoms with Gasteiger partial charge in [0.05, 0.1) is 25.1 Å². The summed E-state index contributed by atoms with van der Waals surface area (Å²) in [6, 6.07) is 20.2. The second-order valence-electron chi connectivity index (χ2n) is 7.82. The van der Waals surface area contributed by atoms with Crippen LogP contribution < -0.4 is 4.74 Å². The molecule has 33 heavy (non-hydrogen) atoms. The predicted octanol–water partition coefficient (Wildman–Crippen LogP) is 6.64. The highest BCUT2D eigenvalue weighted by atomic mass is 79.9. The van der Waals surface area contributed by atoms with Gasteiger partial charge in [-0.15, -0.1) is 5.10 Å². The zero-order valence-electron chi connectivity index (χ0n) is 18.7. The van der Waals surface area contributed by atoms with Crippen LogP contribution in [0.15, 0.2) is 75.3 Å². The molecule has 7 heteroatoms. The van der Waals surface area contributed by atoms with E-state index in [1.165, 1.54) is 11.8 Å². The Labute approximate surface area is 207 Å². The van der Waals surface area contributed by atoms with E-state index in [0.29, 0.717) is 17.5 Å². The van der Waals surface area contributed by atoms with Crippen LogP contribution in [0.3, 0.4) is 0 Å². The molecule has 1 fully saturated rings. The highest BCUT2D eigenvalue weighted by Gasteiger charge is 2.37. The molecular weight excluding hydrogens is 498 g/mol. The van der Waals surface area contributed by atoms with E-state index in [9.17, 15) is 4.79 Å². The van der Waals surface area contributed by atoms with E-state index >= 15 is 0 Å². The molecule has 0 saturated carbocycles. The Morgan fingerprint density at radius 2 is 1.97 bits per heavy atom. The fraction of sp³-hybridized carbons (Fsp3) is 0.269. The molecule has 0 aromatic heterocycles. The van der Waals surface area contributed by atoms with E-state index in [2.05, 4.69) is 57.3 Å². The molecule has 3 aromatic carbocycles. The Balaban J connectivity index is 1.64. The number of halogens is 1. The Bertz CT molecular complexity index is 1210. The Hall–Kier alpha value is -2.64. The number of nitrogens with zero attached hydrogens (tertiary/aromatic N) is 3. The van der Waals surface area contributed by atoms with Crippen LogP contribution in [0.1, 0.15) is 37.3 Å². The molecular formula is C26H26BrN3O2S. The normalized spacial score (nSPS) is 17.5. The third kappa shape index (κ3) is 5.47. The fourth-order valence-corrected chi connectivity index (χ4v) is 5.37. The lowest BCUT2D eigenvalue weighted by atomic mass is 10.0. The summed E-state index contributed by atoms with van der Waals surface area (Å²) in [7, 11) is 1.63. The van der Waals surface area contributed by atoms with E-state index in [-0.39, 0.29) is 11.2 Å². The molecule has 0 aliphatic carbocycles. The number of carbonyl (C=O) groups is 1. The first-order valence-electron chi connectivity index (χ1n) is 11.0. The van der Waals surface area contributed by atoms with Gasteiger partial charge >= 0.3 is 0 Å². The van der Waals surface area contributed by atoms with Gasteiger partial charge in [0, 0.05) is 10.0 Å². The summed E-state index contributed by atoms with van der Waals surface area (Å²) >= 11 is 4.99. The fourth-order valence-electron chi connectivity index (χ4n) is 3.85. The average Bonchev–Trinajstić information content (AvgIpc) is 3.12. The van der Waals surface area contributed by atoms with Gasteiger partial charge in [-0.05, 0) is 41.0 Å². The number of rotatable bonds is 8. The summed E-state index contributed by atoms with van der Waals surface area (Å²) in [6.07, 6.45) is 4.57. The van der Waals surface area contributed by atoms with Crippen molar-refractivity contribution in [1.82, 2.24) is 4.90 Å². The van der Waals surface area contributed by atoms with Crippen LogP contribution in [0.4, 0.5) is 0 Å². The van der Waals surface area contributed by atoms with Crippen molar-refractivity contribution in [2.75, 3.05) is 7.11 Å². The maximum Gasteiger partial charge on any atom is 0.242 e. The predicted molar refractivity (Wildman–Crippen MR) is 141 cm³/mol.